The number of aromatic nitrogens is 1. The zero-order chi connectivity index (χ0) is 15.8. The molecule has 0 aliphatic carbocycles. The summed E-state index contributed by atoms with van der Waals surface area (Å²) in [6, 6.07) is 3.11. The van der Waals surface area contributed by atoms with Gasteiger partial charge in [0, 0.05) is 12.2 Å². The van der Waals surface area contributed by atoms with E-state index in [0.717, 1.165) is 19.3 Å². The Morgan fingerprint density at radius 3 is 2.67 bits per heavy atom. The number of carbonyl (C=O) groups is 1. The van der Waals surface area contributed by atoms with Crippen LogP contribution in [0, 0.1) is 5.92 Å². The lowest BCUT2D eigenvalue weighted by molar-refractivity contribution is 0.0934. The Morgan fingerprint density at radius 1 is 1.33 bits per heavy atom. The molecule has 21 heavy (non-hydrogen) atoms. The van der Waals surface area contributed by atoms with Crippen LogP contribution in [0.15, 0.2) is 23.4 Å². The van der Waals surface area contributed by atoms with Gasteiger partial charge >= 0.3 is 0 Å². The standard InChI is InChI=1S/C15H22F2N2OS/c1-10(2)6-4-7-11(3)19-13(20)12-8-5-9-18-14(12)21-15(16)17/h5,8-11,15H,4,6-7H2,1-3H3,(H,19,20). The molecule has 0 aliphatic heterocycles. The molecule has 0 bridgehead atoms. The van der Waals surface area contributed by atoms with Crippen molar-refractivity contribution in [2.75, 3.05) is 0 Å². The predicted molar refractivity (Wildman–Crippen MR) is 81.7 cm³/mol. The van der Waals surface area contributed by atoms with Crippen LogP contribution in [0.25, 0.3) is 0 Å². The molecule has 0 spiro atoms. The van der Waals surface area contributed by atoms with E-state index in [1.54, 1.807) is 6.07 Å². The average molecular weight is 316 g/mol. The van der Waals surface area contributed by atoms with Crippen LogP contribution in [-0.4, -0.2) is 22.7 Å². The number of nitrogens with zero attached hydrogens (tertiary/aromatic N) is 1. The highest BCUT2D eigenvalue weighted by molar-refractivity contribution is 7.99. The molecule has 0 radical (unpaired) electrons. The molecular weight excluding hydrogens is 294 g/mol. The summed E-state index contributed by atoms with van der Waals surface area (Å²) in [5.41, 5.74) is 0.207. The van der Waals surface area contributed by atoms with E-state index >= 15 is 0 Å². The SMILES string of the molecule is CC(C)CCCC(C)NC(=O)c1cccnc1SC(F)F. The third-order valence-electron chi connectivity index (χ3n) is 3.01. The Labute approximate surface area is 128 Å². The Balaban J connectivity index is 2.58. The first-order chi connectivity index (χ1) is 9.90. The Bertz CT molecular complexity index is 455. The summed E-state index contributed by atoms with van der Waals surface area (Å²) in [5.74, 6) is -2.29. The van der Waals surface area contributed by atoms with E-state index in [1.807, 2.05) is 6.92 Å². The molecule has 1 atom stereocenters. The minimum Gasteiger partial charge on any atom is -0.350 e. The molecule has 0 aliphatic rings. The minimum absolute atomic E-state index is 0.0147. The van der Waals surface area contributed by atoms with Gasteiger partial charge in [-0.1, -0.05) is 26.7 Å². The molecule has 1 rings (SSSR count). The molecule has 118 valence electrons. The van der Waals surface area contributed by atoms with Gasteiger partial charge in [0.1, 0.15) is 5.03 Å². The van der Waals surface area contributed by atoms with Crippen LogP contribution in [-0.2, 0) is 0 Å². The monoisotopic (exact) mass is 316 g/mol. The van der Waals surface area contributed by atoms with E-state index in [9.17, 15) is 13.6 Å². The first kappa shape index (κ1) is 17.9. The van der Waals surface area contributed by atoms with Gasteiger partial charge < -0.3 is 5.32 Å². The normalized spacial score (nSPS) is 12.7. The minimum atomic E-state index is -2.59. The Kier molecular flexibility index (Phi) is 7.64. The molecule has 0 aromatic carbocycles. The maximum absolute atomic E-state index is 12.5. The number of pyridine rings is 1. The van der Waals surface area contributed by atoms with Crippen molar-refractivity contribution < 1.29 is 13.6 Å². The van der Waals surface area contributed by atoms with Crippen LogP contribution in [0.1, 0.15) is 50.4 Å². The zero-order valence-corrected chi connectivity index (χ0v) is 13.4. The van der Waals surface area contributed by atoms with Gasteiger partial charge in [-0.2, -0.15) is 8.78 Å². The number of nitrogens with one attached hydrogen (secondary N) is 1. The molecule has 3 nitrogen and oxygen atoms in total. The highest BCUT2D eigenvalue weighted by Gasteiger charge is 2.17. The lowest BCUT2D eigenvalue weighted by atomic mass is 10.0. The molecule has 0 fully saturated rings. The first-order valence-corrected chi connectivity index (χ1v) is 7.98. The van der Waals surface area contributed by atoms with E-state index in [1.165, 1.54) is 12.3 Å². The van der Waals surface area contributed by atoms with Gasteiger partial charge in [-0.05, 0) is 43.2 Å². The van der Waals surface area contributed by atoms with Gasteiger partial charge in [0.15, 0.2) is 0 Å². The van der Waals surface area contributed by atoms with Gasteiger partial charge in [-0.15, -0.1) is 0 Å². The fourth-order valence-corrected chi connectivity index (χ4v) is 2.53. The fourth-order valence-electron chi connectivity index (χ4n) is 1.95. The van der Waals surface area contributed by atoms with Crippen molar-refractivity contribution in [3.63, 3.8) is 0 Å². The third kappa shape index (κ3) is 6.89. The lowest BCUT2D eigenvalue weighted by Crippen LogP contribution is -2.33. The zero-order valence-electron chi connectivity index (χ0n) is 12.6. The van der Waals surface area contributed by atoms with Gasteiger partial charge in [-0.25, -0.2) is 4.98 Å². The second-order valence-electron chi connectivity index (χ2n) is 5.43. The maximum Gasteiger partial charge on any atom is 0.290 e. The Morgan fingerprint density at radius 2 is 2.05 bits per heavy atom. The van der Waals surface area contributed by atoms with Crippen molar-refractivity contribution in [2.24, 2.45) is 5.92 Å². The quantitative estimate of drug-likeness (QED) is 0.725. The van der Waals surface area contributed by atoms with E-state index in [2.05, 4.69) is 24.1 Å². The number of alkyl halides is 2. The number of amides is 1. The van der Waals surface area contributed by atoms with Crippen molar-refractivity contribution in [1.29, 1.82) is 0 Å². The second-order valence-corrected chi connectivity index (χ2v) is 6.41. The second kappa shape index (κ2) is 8.97. The van der Waals surface area contributed by atoms with Gasteiger partial charge in [0.05, 0.1) is 5.56 Å². The predicted octanol–water partition coefficient (Wildman–Crippen LogP) is 4.34. The maximum atomic E-state index is 12.5. The van der Waals surface area contributed by atoms with E-state index < -0.39 is 5.76 Å². The van der Waals surface area contributed by atoms with Crippen LogP contribution < -0.4 is 5.32 Å². The third-order valence-corrected chi connectivity index (χ3v) is 3.74. The summed E-state index contributed by atoms with van der Waals surface area (Å²) in [6.07, 6.45) is 4.43. The van der Waals surface area contributed by atoms with Crippen LogP contribution in [0.2, 0.25) is 0 Å². The number of thioether (sulfide) groups is 1. The lowest BCUT2D eigenvalue weighted by Gasteiger charge is -2.15. The van der Waals surface area contributed by atoms with Crippen LogP contribution >= 0.6 is 11.8 Å². The fraction of sp³-hybridized carbons (Fsp3) is 0.600. The molecule has 1 amide bonds. The van der Waals surface area contributed by atoms with E-state index in [0.29, 0.717) is 17.7 Å². The molecule has 1 heterocycles. The number of hydrogen-bond donors (Lipinski definition) is 1. The topological polar surface area (TPSA) is 42.0 Å². The summed E-state index contributed by atoms with van der Waals surface area (Å²) >= 11 is 0.297. The summed E-state index contributed by atoms with van der Waals surface area (Å²) in [5, 5.41) is 2.92. The van der Waals surface area contributed by atoms with Crippen LogP contribution in [0.3, 0.4) is 0 Å². The molecule has 1 unspecified atom stereocenters. The van der Waals surface area contributed by atoms with Gasteiger partial charge in [-0.3, -0.25) is 4.79 Å². The first-order valence-electron chi connectivity index (χ1n) is 7.10. The largest absolute Gasteiger partial charge is 0.350 e. The molecule has 6 heteroatoms. The highest BCUT2D eigenvalue weighted by Crippen LogP contribution is 2.26. The highest BCUT2D eigenvalue weighted by atomic mass is 32.2. The molecule has 1 aromatic rings. The molecule has 1 N–H and O–H groups in total. The molecular formula is C15H22F2N2OS. The molecule has 0 saturated heterocycles. The molecule has 0 saturated carbocycles. The molecule has 1 aromatic heterocycles. The summed E-state index contributed by atoms with van der Waals surface area (Å²) < 4.78 is 24.9. The number of carbonyl (C=O) groups excluding carboxylic acids is 1. The van der Waals surface area contributed by atoms with Crippen molar-refractivity contribution in [2.45, 2.75) is 56.9 Å². The van der Waals surface area contributed by atoms with Gasteiger partial charge in [0.2, 0.25) is 0 Å². The number of hydrogen-bond acceptors (Lipinski definition) is 3. The average Bonchev–Trinajstić information content (AvgIpc) is 2.37. The Hall–Kier alpha value is -1.17. The number of rotatable bonds is 8. The van der Waals surface area contributed by atoms with Crippen molar-refractivity contribution >= 4 is 17.7 Å². The van der Waals surface area contributed by atoms with E-state index in [-0.39, 0.29) is 22.5 Å². The number of halogens is 2. The van der Waals surface area contributed by atoms with Crippen LogP contribution in [0.5, 0.6) is 0 Å². The van der Waals surface area contributed by atoms with E-state index in [4.69, 9.17) is 0 Å². The summed E-state index contributed by atoms with van der Waals surface area (Å²) in [4.78, 5) is 16.0. The van der Waals surface area contributed by atoms with Crippen molar-refractivity contribution in [3.8, 4) is 0 Å². The summed E-state index contributed by atoms with van der Waals surface area (Å²) in [7, 11) is 0. The smallest absolute Gasteiger partial charge is 0.290 e. The van der Waals surface area contributed by atoms with Crippen molar-refractivity contribution in [3.05, 3.63) is 23.9 Å². The van der Waals surface area contributed by atoms with Gasteiger partial charge in [0.25, 0.3) is 11.7 Å². The van der Waals surface area contributed by atoms with Crippen molar-refractivity contribution in [1.82, 2.24) is 10.3 Å². The van der Waals surface area contributed by atoms with Crippen LogP contribution in [0.4, 0.5) is 8.78 Å². The summed E-state index contributed by atoms with van der Waals surface area (Å²) in [6.45, 7) is 6.24.